The molecule has 0 atom stereocenters. The summed E-state index contributed by atoms with van der Waals surface area (Å²) in [6.45, 7) is 2.80. The number of ether oxygens (including phenoxy) is 1. The first-order valence-corrected chi connectivity index (χ1v) is 9.96. The smallest absolute Gasteiger partial charge is 0.305 e. The monoisotopic (exact) mass is 396 g/mol. The van der Waals surface area contributed by atoms with Crippen LogP contribution in [0.1, 0.15) is 48.5 Å². The van der Waals surface area contributed by atoms with Crippen molar-refractivity contribution in [2.75, 3.05) is 18.5 Å². The first-order chi connectivity index (χ1) is 14.1. The first kappa shape index (κ1) is 22.1. The van der Waals surface area contributed by atoms with Crippen molar-refractivity contribution in [1.82, 2.24) is 5.32 Å². The largest absolute Gasteiger partial charge is 0.466 e. The van der Waals surface area contributed by atoms with E-state index in [2.05, 4.69) is 10.6 Å². The fourth-order valence-corrected chi connectivity index (χ4v) is 2.76. The zero-order chi connectivity index (χ0) is 20.9. The number of amides is 2. The van der Waals surface area contributed by atoms with E-state index in [0.29, 0.717) is 30.8 Å². The van der Waals surface area contributed by atoms with Gasteiger partial charge in [0, 0.05) is 30.6 Å². The molecule has 0 fully saturated rings. The Morgan fingerprint density at radius 3 is 2.31 bits per heavy atom. The Hall–Kier alpha value is -3.15. The highest BCUT2D eigenvalue weighted by Crippen LogP contribution is 2.11. The molecule has 0 aromatic heterocycles. The molecular formula is C23H28N2O4. The molecule has 0 saturated heterocycles. The van der Waals surface area contributed by atoms with Crippen LogP contribution in [0, 0.1) is 0 Å². The number of aryl methyl sites for hydroxylation is 1. The summed E-state index contributed by atoms with van der Waals surface area (Å²) in [5.74, 6) is -0.600. The molecular weight excluding hydrogens is 368 g/mol. The Morgan fingerprint density at radius 2 is 1.62 bits per heavy atom. The van der Waals surface area contributed by atoms with E-state index in [4.69, 9.17) is 4.74 Å². The van der Waals surface area contributed by atoms with Crippen molar-refractivity contribution in [3.63, 3.8) is 0 Å². The summed E-state index contributed by atoms with van der Waals surface area (Å²) in [7, 11) is 0. The van der Waals surface area contributed by atoms with Crippen molar-refractivity contribution in [3.05, 3.63) is 65.7 Å². The molecule has 0 spiro atoms. The van der Waals surface area contributed by atoms with Gasteiger partial charge in [-0.3, -0.25) is 14.4 Å². The van der Waals surface area contributed by atoms with Crippen LogP contribution in [0.2, 0.25) is 0 Å². The SMILES string of the molecule is CCNC(=O)c1ccc(NC(=O)CCCC(=O)OCCCc2ccccc2)cc1. The maximum atomic E-state index is 12.0. The molecule has 2 amide bonds. The van der Waals surface area contributed by atoms with E-state index in [-0.39, 0.29) is 30.6 Å². The molecule has 2 rings (SSSR count). The van der Waals surface area contributed by atoms with Gasteiger partial charge in [-0.25, -0.2) is 0 Å². The molecule has 154 valence electrons. The van der Waals surface area contributed by atoms with Crippen LogP contribution in [0.3, 0.4) is 0 Å². The van der Waals surface area contributed by atoms with Crippen LogP contribution < -0.4 is 10.6 Å². The Kier molecular flexibility index (Phi) is 9.42. The molecule has 0 heterocycles. The van der Waals surface area contributed by atoms with E-state index >= 15 is 0 Å². The highest BCUT2D eigenvalue weighted by atomic mass is 16.5. The molecule has 0 aliphatic rings. The van der Waals surface area contributed by atoms with E-state index in [1.165, 1.54) is 5.56 Å². The van der Waals surface area contributed by atoms with Gasteiger partial charge in [0.05, 0.1) is 6.61 Å². The molecule has 2 N–H and O–H groups in total. The predicted octanol–water partition coefficient (Wildman–Crippen LogP) is 3.72. The molecule has 6 heteroatoms. The van der Waals surface area contributed by atoms with Crippen molar-refractivity contribution in [2.45, 2.75) is 39.0 Å². The van der Waals surface area contributed by atoms with Crippen LogP contribution in [-0.4, -0.2) is 30.9 Å². The van der Waals surface area contributed by atoms with Gasteiger partial charge in [0.2, 0.25) is 5.91 Å². The quantitative estimate of drug-likeness (QED) is 0.448. The Morgan fingerprint density at radius 1 is 0.897 bits per heavy atom. The molecule has 0 unspecified atom stereocenters. The lowest BCUT2D eigenvalue weighted by Gasteiger charge is -2.07. The van der Waals surface area contributed by atoms with E-state index < -0.39 is 0 Å². The summed E-state index contributed by atoms with van der Waals surface area (Å²) in [4.78, 5) is 35.5. The van der Waals surface area contributed by atoms with E-state index in [1.54, 1.807) is 24.3 Å². The Balaban J connectivity index is 1.59. The van der Waals surface area contributed by atoms with Crippen LogP contribution in [0.5, 0.6) is 0 Å². The van der Waals surface area contributed by atoms with Gasteiger partial charge in [0.15, 0.2) is 0 Å². The lowest BCUT2D eigenvalue weighted by Crippen LogP contribution is -2.22. The highest BCUT2D eigenvalue weighted by molar-refractivity contribution is 5.95. The van der Waals surface area contributed by atoms with Crippen molar-refractivity contribution < 1.29 is 19.1 Å². The van der Waals surface area contributed by atoms with E-state index in [9.17, 15) is 14.4 Å². The molecule has 0 saturated carbocycles. The number of hydrogen-bond donors (Lipinski definition) is 2. The number of nitrogens with one attached hydrogen (secondary N) is 2. The maximum Gasteiger partial charge on any atom is 0.305 e. The summed E-state index contributed by atoms with van der Waals surface area (Å²) >= 11 is 0. The second kappa shape index (κ2) is 12.3. The molecule has 0 aliphatic heterocycles. The Bertz CT molecular complexity index is 788. The summed E-state index contributed by atoms with van der Waals surface area (Å²) < 4.78 is 5.21. The van der Waals surface area contributed by atoms with Crippen molar-refractivity contribution in [3.8, 4) is 0 Å². The second-order valence-electron chi connectivity index (χ2n) is 6.65. The number of rotatable bonds is 11. The van der Waals surface area contributed by atoms with Gasteiger partial charge in [0.25, 0.3) is 5.91 Å². The van der Waals surface area contributed by atoms with Crippen LogP contribution in [-0.2, 0) is 20.7 Å². The summed E-state index contributed by atoms with van der Waals surface area (Å²) in [6.07, 6.45) is 2.53. The highest BCUT2D eigenvalue weighted by Gasteiger charge is 2.08. The van der Waals surface area contributed by atoms with Gasteiger partial charge in [-0.15, -0.1) is 0 Å². The van der Waals surface area contributed by atoms with Gasteiger partial charge < -0.3 is 15.4 Å². The first-order valence-electron chi connectivity index (χ1n) is 9.96. The molecule has 0 aliphatic carbocycles. The molecule has 2 aromatic carbocycles. The number of benzene rings is 2. The second-order valence-corrected chi connectivity index (χ2v) is 6.65. The third-order valence-electron chi connectivity index (χ3n) is 4.27. The van der Waals surface area contributed by atoms with E-state index in [0.717, 1.165) is 12.8 Å². The van der Waals surface area contributed by atoms with Crippen LogP contribution in [0.25, 0.3) is 0 Å². The fourth-order valence-electron chi connectivity index (χ4n) is 2.76. The maximum absolute atomic E-state index is 12.0. The fraction of sp³-hybridized carbons (Fsp3) is 0.348. The van der Waals surface area contributed by atoms with Gasteiger partial charge in [-0.2, -0.15) is 0 Å². The summed E-state index contributed by atoms with van der Waals surface area (Å²) in [5.41, 5.74) is 2.38. The minimum absolute atomic E-state index is 0.146. The zero-order valence-corrected chi connectivity index (χ0v) is 16.8. The third kappa shape index (κ3) is 8.60. The lowest BCUT2D eigenvalue weighted by atomic mass is 10.1. The molecule has 29 heavy (non-hydrogen) atoms. The normalized spacial score (nSPS) is 10.2. The van der Waals surface area contributed by atoms with E-state index in [1.807, 2.05) is 37.3 Å². The van der Waals surface area contributed by atoms with Crippen molar-refractivity contribution >= 4 is 23.5 Å². The number of esters is 1. The predicted molar refractivity (Wildman–Crippen MR) is 113 cm³/mol. The van der Waals surface area contributed by atoms with Crippen LogP contribution in [0.15, 0.2) is 54.6 Å². The van der Waals surface area contributed by atoms with Gasteiger partial charge in [-0.1, -0.05) is 30.3 Å². The van der Waals surface area contributed by atoms with Gasteiger partial charge in [-0.05, 0) is 56.0 Å². The topological polar surface area (TPSA) is 84.5 Å². The lowest BCUT2D eigenvalue weighted by molar-refractivity contribution is -0.143. The number of anilines is 1. The third-order valence-corrected chi connectivity index (χ3v) is 4.27. The summed E-state index contributed by atoms with van der Waals surface area (Å²) in [6, 6.07) is 16.7. The van der Waals surface area contributed by atoms with Crippen LogP contribution >= 0.6 is 0 Å². The number of carbonyl (C=O) groups is 3. The van der Waals surface area contributed by atoms with Crippen molar-refractivity contribution in [2.24, 2.45) is 0 Å². The average Bonchev–Trinajstić information content (AvgIpc) is 2.73. The molecule has 2 aromatic rings. The molecule has 0 radical (unpaired) electrons. The average molecular weight is 396 g/mol. The van der Waals surface area contributed by atoms with Crippen LogP contribution in [0.4, 0.5) is 5.69 Å². The molecule has 0 bridgehead atoms. The minimum Gasteiger partial charge on any atom is -0.466 e. The van der Waals surface area contributed by atoms with Crippen molar-refractivity contribution in [1.29, 1.82) is 0 Å². The summed E-state index contributed by atoms with van der Waals surface area (Å²) in [5, 5.41) is 5.48. The van der Waals surface area contributed by atoms with Gasteiger partial charge >= 0.3 is 5.97 Å². The zero-order valence-electron chi connectivity index (χ0n) is 16.8. The standard InChI is InChI=1S/C23H28N2O4/c1-2-24-23(28)19-13-15-20(16-14-19)25-21(26)11-6-12-22(27)29-17-7-10-18-8-4-3-5-9-18/h3-5,8-9,13-16H,2,6-7,10-12,17H2,1H3,(H,24,28)(H,25,26). The van der Waals surface area contributed by atoms with Gasteiger partial charge in [0.1, 0.15) is 0 Å². The number of hydrogen-bond acceptors (Lipinski definition) is 4. The number of carbonyl (C=O) groups excluding carboxylic acids is 3. The minimum atomic E-state index is -0.280. The Labute approximate surface area is 171 Å². The molecule has 6 nitrogen and oxygen atoms in total.